The van der Waals surface area contributed by atoms with E-state index >= 15 is 0 Å². The normalized spacial score (nSPS) is 22.8. The summed E-state index contributed by atoms with van der Waals surface area (Å²) in [5, 5.41) is 3.45. The van der Waals surface area contributed by atoms with Crippen molar-refractivity contribution in [3.63, 3.8) is 0 Å². The van der Waals surface area contributed by atoms with Crippen LogP contribution in [0.3, 0.4) is 0 Å². The van der Waals surface area contributed by atoms with Crippen molar-refractivity contribution in [3.05, 3.63) is 18.2 Å². The Morgan fingerprint density at radius 2 is 1.76 bits per heavy atom. The van der Waals surface area contributed by atoms with Crippen molar-refractivity contribution in [2.24, 2.45) is 0 Å². The molecule has 4 nitrogen and oxygen atoms in total. The van der Waals surface area contributed by atoms with Crippen molar-refractivity contribution in [1.29, 1.82) is 0 Å². The fraction of sp³-hybridized carbons (Fsp3) is 0.538. The van der Waals surface area contributed by atoms with Crippen LogP contribution >= 0.6 is 0 Å². The molecule has 0 aliphatic heterocycles. The van der Waals surface area contributed by atoms with E-state index < -0.39 is 0 Å². The van der Waals surface area contributed by atoms with Gasteiger partial charge < -0.3 is 19.5 Å². The maximum absolute atomic E-state index is 5.26. The summed E-state index contributed by atoms with van der Waals surface area (Å²) in [5.41, 5.74) is 1.06. The number of methoxy groups -OCH3 is 3. The minimum atomic E-state index is 0.410. The predicted octanol–water partition coefficient (Wildman–Crippen LogP) is 2.29. The molecule has 4 heteroatoms. The van der Waals surface area contributed by atoms with E-state index in [1.807, 2.05) is 18.2 Å². The van der Waals surface area contributed by atoms with Crippen molar-refractivity contribution >= 4 is 5.69 Å². The largest absolute Gasteiger partial charge is 0.493 e. The lowest BCUT2D eigenvalue weighted by molar-refractivity contribution is 0.0329. The summed E-state index contributed by atoms with van der Waals surface area (Å²) in [6.45, 7) is 0. The molecule has 0 atom stereocenters. The van der Waals surface area contributed by atoms with Gasteiger partial charge in [-0.2, -0.15) is 0 Å². The molecule has 0 aromatic heterocycles. The van der Waals surface area contributed by atoms with E-state index in [0.29, 0.717) is 12.1 Å². The zero-order valence-corrected chi connectivity index (χ0v) is 10.5. The van der Waals surface area contributed by atoms with E-state index in [0.717, 1.165) is 30.0 Å². The van der Waals surface area contributed by atoms with Gasteiger partial charge in [-0.1, -0.05) is 0 Å². The van der Waals surface area contributed by atoms with Crippen LogP contribution in [0.2, 0.25) is 0 Å². The molecule has 1 fully saturated rings. The monoisotopic (exact) mass is 237 g/mol. The van der Waals surface area contributed by atoms with Crippen LogP contribution in [0.1, 0.15) is 12.8 Å². The Balaban J connectivity index is 1.97. The van der Waals surface area contributed by atoms with E-state index in [2.05, 4.69) is 5.32 Å². The lowest BCUT2D eigenvalue weighted by Gasteiger charge is -2.35. The number of benzene rings is 1. The molecule has 0 spiro atoms. The minimum Gasteiger partial charge on any atom is -0.493 e. The van der Waals surface area contributed by atoms with Gasteiger partial charge in [0.2, 0.25) is 0 Å². The molecule has 0 heterocycles. The third kappa shape index (κ3) is 2.64. The van der Waals surface area contributed by atoms with Gasteiger partial charge in [-0.15, -0.1) is 0 Å². The van der Waals surface area contributed by atoms with Crippen LogP contribution in [0.5, 0.6) is 11.5 Å². The lowest BCUT2D eigenvalue weighted by Crippen LogP contribution is -2.40. The molecule has 94 valence electrons. The molecule has 2 rings (SSSR count). The zero-order chi connectivity index (χ0) is 12.3. The first-order valence-electron chi connectivity index (χ1n) is 5.78. The van der Waals surface area contributed by atoms with Crippen LogP contribution in [0, 0.1) is 0 Å². The van der Waals surface area contributed by atoms with E-state index in [-0.39, 0.29) is 0 Å². The molecule has 1 aliphatic carbocycles. The fourth-order valence-corrected chi connectivity index (χ4v) is 2.04. The SMILES string of the molecule is COc1ccc(NC2CC(OC)C2)cc1OC. The fourth-order valence-electron chi connectivity index (χ4n) is 2.04. The highest BCUT2D eigenvalue weighted by Gasteiger charge is 2.28. The Morgan fingerprint density at radius 1 is 1.06 bits per heavy atom. The van der Waals surface area contributed by atoms with Gasteiger partial charge in [0.05, 0.1) is 20.3 Å². The van der Waals surface area contributed by atoms with Crippen molar-refractivity contribution in [1.82, 2.24) is 0 Å². The van der Waals surface area contributed by atoms with Gasteiger partial charge in [0.15, 0.2) is 11.5 Å². The first kappa shape index (κ1) is 12.0. The van der Waals surface area contributed by atoms with Gasteiger partial charge in [0, 0.05) is 24.9 Å². The topological polar surface area (TPSA) is 39.7 Å². The highest BCUT2D eigenvalue weighted by atomic mass is 16.5. The number of nitrogens with one attached hydrogen (secondary N) is 1. The molecule has 1 aromatic rings. The number of anilines is 1. The van der Waals surface area contributed by atoms with Gasteiger partial charge in [-0.3, -0.25) is 0 Å². The molecule has 0 bridgehead atoms. The molecule has 0 radical (unpaired) electrons. The summed E-state index contributed by atoms with van der Waals surface area (Å²) < 4.78 is 15.7. The molecular formula is C13H19NO3. The van der Waals surface area contributed by atoms with Crippen molar-refractivity contribution in [2.75, 3.05) is 26.6 Å². The smallest absolute Gasteiger partial charge is 0.162 e. The number of ether oxygens (including phenoxy) is 3. The summed E-state index contributed by atoms with van der Waals surface area (Å²) in [6.07, 6.45) is 2.53. The Labute approximate surface area is 102 Å². The second kappa shape index (κ2) is 5.27. The van der Waals surface area contributed by atoms with Crippen LogP contribution < -0.4 is 14.8 Å². The van der Waals surface area contributed by atoms with Gasteiger partial charge in [-0.25, -0.2) is 0 Å². The lowest BCUT2D eigenvalue weighted by atomic mass is 9.89. The first-order valence-corrected chi connectivity index (χ1v) is 5.78. The van der Waals surface area contributed by atoms with Crippen LogP contribution in [-0.4, -0.2) is 33.5 Å². The van der Waals surface area contributed by atoms with Crippen LogP contribution in [0.4, 0.5) is 5.69 Å². The Bertz CT molecular complexity index is 375. The Morgan fingerprint density at radius 3 is 2.35 bits per heavy atom. The average Bonchev–Trinajstić information content (AvgIpc) is 2.32. The second-order valence-corrected chi connectivity index (χ2v) is 4.24. The molecule has 1 saturated carbocycles. The van der Waals surface area contributed by atoms with Gasteiger partial charge in [0.1, 0.15) is 0 Å². The van der Waals surface area contributed by atoms with Gasteiger partial charge >= 0.3 is 0 Å². The molecule has 0 saturated heterocycles. The second-order valence-electron chi connectivity index (χ2n) is 4.24. The van der Waals surface area contributed by atoms with E-state index in [1.165, 1.54) is 0 Å². The van der Waals surface area contributed by atoms with E-state index in [1.54, 1.807) is 21.3 Å². The summed E-state index contributed by atoms with van der Waals surface area (Å²) in [7, 11) is 5.04. The van der Waals surface area contributed by atoms with Crippen molar-refractivity contribution < 1.29 is 14.2 Å². The van der Waals surface area contributed by atoms with Crippen molar-refractivity contribution in [3.8, 4) is 11.5 Å². The molecule has 0 amide bonds. The van der Waals surface area contributed by atoms with Crippen LogP contribution in [0.25, 0.3) is 0 Å². The molecule has 0 unspecified atom stereocenters. The minimum absolute atomic E-state index is 0.410. The van der Waals surface area contributed by atoms with Crippen molar-refractivity contribution in [2.45, 2.75) is 25.0 Å². The van der Waals surface area contributed by atoms with Crippen LogP contribution in [0.15, 0.2) is 18.2 Å². The summed E-state index contributed by atoms with van der Waals surface area (Å²) >= 11 is 0. The molecule has 1 aliphatic rings. The van der Waals surface area contributed by atoms with Gasteiger partial charge in [0.25, 0.3) is 0 Å². The molecular weight excluding hydrogens is 218 g/mol. The Hall–Kier alpha value is -1.42. The number of hydrogen-bond donors (Lipinski definition) is 1. The number of rotatable bonds is 5. The maximum Gasteiger partial charge on any atom is 0.162 e. The van der Waals surface area contributed by atoms with Gasteiger partial charge in [-0.05, 0) is 25.0 Å². The zero-order valence-electron chi connectivity index (χ0n) is 10.5. The summed E-state index contributed by atoms with van der Waals surface area (Å²) in [6, 6.07) is 6.37. The highest BCUT2D eigenvalue weighted by molar-refractivity contribution is 5.55. The van der Waals surface area contributed by atoms with Crippen LogP contribution in [-0.2, 0) is 4.74 Å². The average molecular weight is 237 g/mol. The molecule has 1 aromatic carbocycles. The first-order chi connectivity index (χ1) is 8.26. The third-order valence-corrected chi connectivity index (χ3v) is 3.18. The molecule has 1 N–H and O–H groups in total. The van der Waals surface area contributed by atoms with E-state index in [4.69, 9.17) is 14.2 Å². The highest BCUT2D eigenvalue weighted by Crippen LogP contribution is 2.32. The summed E-state index contributed by atoms with van der Waals surface area (Å²) in [4.78, 5) is 0. The maximum atomic E-state index is 5.26. The number of hydrogen-bond acceptors (Lipinski definition) is 4. The quantitative estimate of drug-likeness (QED) is 0.853. The Kier molecular flexibility index (Phi) is 3.74. The summed E-state index contributed by atoms with van der Waals surface area (Å²) in [5.74, 6) is 1.50. The third-order valence-electron chi connectivity index (χ3n) is 3.18. The predicted molar refractivity (Wildman–Crippen MR) is 67.0 cm³/mol. The molecule has 17 heavy (non-hydrogen) atoms. The standard InChI is InChI=1S/C13H19NO3/c1-15-11-6-10(7-11)14-9-4-5-12(16-2)13(8-9)17-3/h4-5,8,10-11,14H,6-7H2,1-3H3. The van der Waals surface area contributed by atoms with E-state index in [9.17, 15) is 0 Å².